The van der Waals surface area contributed by atoms with Crippen molar-refractivity contribution in [3.63, 3.8) is 0 Å². The number of β-amino-alcohol motifs (C(OH)–C–C–N with tert-alkyl or cyclic N) is 1. The summed E-state index contributed by atoms with van der Waals surface area (Å²) in [6.07, 6.45) is -0.574. The summed E-state index contributed by atoms with van der Waals surface area (Å²) in [6, 6.07) is 5.75. The quantitative estimate of drug-likeness (QED) is 0.796. The van der Waals surface area contributed by atoms with Gasteiger partial charge in [0.25, 0.3) is 0 Å². The summed E-state index contributed by atoms with van der Waals surface area (Å²) in [5.74, 6) is -0.297. The molecule has 1 saturated heterocycles. The number of halogens is 1. The van der Waals surface area contributed by atoms with Crippen molar-refractivity contribution in [2.45, 2.75) is 12.6 Å². The summed E-state index contributed by atoms with van der Waals surface area (Å²) in [4.78, 5) is 18.0. The minimum absolute atomic E-state index is 0.253. The van der Waals surface area contributed by atoms with Crippen molar-refractivity contribution in [2.24, 2.45) is 0 Å². The molecule has 0 aromatic heterocycles. The van der Waals surface area contributed by atoms with Crippen molar-refractivity contribution in [2.75, 3.05) is 53.4 Å². The molecule has 24 heavy (non-hydrogen) atoms. The van der Waals surface area contributed by atoms with Gasteiger partial charge in [-0.2, -0.15) is 0 Å². The number of nitrogens with zero attached hydrogens (tertiary/aromatic N) is 3. The molecule has 0 aliphatic carbocycles. The second-order valence-electron chi connectivity index (χ2n) is 6.42. The lowest BCUT2D eigenvalue weighted by molar-refractivity contribution is 0.0658. The van der Waals surface area contributed by atoms with Crippen LogP contribution in [0.3, 0.4) is 0 Å². The van der Waals surface area contributed by atoms with E-state index in [1.54, 1.807) is 19.2 Å². The first-order chi connectivity index (χ1) is 11.4. The van der Waals surface area contributed by atoms with E-state index in [1.165, 1.54) is 17.0 Å². The zero-order valence-electron chi connectivity index (χ0n) is 14.4. The Kier molecular flexibility index (Phi) is 6.96. The predicted molar refractivity (Wildman–Crippen MR) is 91.2 cm³/mol. The van der Waals surface area contributed by atoms with Gasteiger partial charge in [0.15, 0.2) is 0 Å². The molecular formula is C17H27FN4O2. The van der Waals surface area contributed by atoms with Gasteiger partial charge >= 0.3 is 6.03 Å². The third kappa shape index (κ3) is 6.07. The Morgan fingerprint density at radius 1 is 1.29 bits per heavy atom. The van der Waals surface area contributed by atoms with E-state index in [1.807, 2.05) is 0 Å². The van der Waals surface area contributed by atoms with E-state index in [-0.39, 0.29) is 18.4 Å². The fourth-order valence-electron chi connectivity index (χ4n) is 2.70. The van der Waals surface area contributed by atoms with E-state index in [4.69, 9.17) is 0 Å². The van der Waals surface area contributed by atoms with Crippen LogP contribution in [0.5, 0.6) is 0 Å². The Morgan fingerprint density at radius 3 is 2.54 bits per heavy atom. The monoisotopic (exact) mass is 338 g/mol. The maximum Gasteiger partial charge on any atom is 0.317 e. The number of hydrogen-bond donors (Lipinski definition) is 2. The number of aliphatic hydroxyl groups is 1. The highest BCUT2D eigenvalue weighted by Gasteiger charge is 2.19. The zero-order valence-corrected chi connectivity index (χ0v) is 14.4. The molecule has 1 aromatic rings. The Bertz CT molecular complexity index is 518. The molecule has 0 bridgehead atoms. The third-order valence-electron chi connectivity index (χ3n) is 4.25. The molecular weight excluding hydrogens is 311 g/mol. The van der Waals surface area contributed by atoms with Crippen LogP contribution in [0.1, 0.15) is 5.56 Å². The van der Waals surface area contributed by atoms with Crippen LogP contribution in [-0.2, 0) is 6.54 Å². The second kappa shape index (κ2) is 8.96. The van der Waals surface area contributed by atoms with Gasteiger partial charge in [-0.3, -0.25) is 4.90 Å². The zero-order chi connectivity index (χ0) is 17.5. The average Bonchev–Trinajstić information content (AvgIpc) is 2.56. The van der Waals surface area contributed by atoms with E-state index in [0.717, 1.165) is 31.7 Å². The number of aliphatic hydroxyl groups excluding tert-OH is 1. The topological polar surface area (TPSA) is 59.1 Å². The van der Waals surface area contributed by atoms with Crippen LogP contribution >= 0.6 is 0 Å². The SMILES string of the molecule is CN1CCN(CC(O)CN(C)C(=O)NCc2ccc(F)cc2)CC1. The molecule has 1 fully saturated rings. The molecule has 7 heteroatoms. The van der Waals surface area contributed by atoms with E-state index < -0.39 is 6.10 Å². The average molecular weight is 338 g/mol. The number of nitrogens with one attached hydrogen (secondary N) is 1. The van der Waals surface area contributed by atoms with Crippen LogP contribution < -0.4 is 5.32 Å². The minimum atomic E-state index is -0.574. The van der Waals surface area contributed by atoms with Crippen molar-refractivity contribution < 1.29 is 14.3 Å². The van der Waals surface area contributed by atoms with Gasteiger partial charge in [0.2, 0.25) is 0 Å². The van der Waals surface area contributed by atoms with Crippen molar-refractivity contribution in [1.29, 1.82) is 0 Å². The van der Waals surface area contributed by atoms with Crippen LogP contribution in [0.2, 0.25) is 0 Å². The summed E-state index contributed by atoms with van der Waals surface area (Å²) in [6.45, 7) is 5.06. The number of benzene rings is 1. The first kappa shape index (κ1) is 18.6. The van der Waals surface area contributed by atoms with E-state index in [9.17, 15) is 14.3 Å². The van der Waals surface area contributed by atoms with Crippen molar-refractivity contribution in [3.8, 4) is 0 Å². The molecule has 2 amide bonds. The largest absolute Gasteiger partial charge is 0.390 e. The lowest BCUT2D eigenvalue weighted by atomic mass is 10.2. The number of piperazine rings is 1. The highest BCUT2D eigenvalue weighted by Crippen LogP contribution is 2.04. The molecule has 2 N–H and O–H groups in total. The smallest absolute Gasteiger partial charge is 0.317 e. The highest BCUT2D eigenvalue weighted by atomic mass is 19.1. The lowest BCUT2D eigenvalue weighted by Crippen LogP contribution is -2.49. The maximum atomic E-state index is 12.8. The van der Waals surface area contributed by atoms with Crippen LogP contribution in [-0.4, -0.2) is 85.3 Å². The maximum absolute atomic E-state index is 12.8. The van der Waals surface area contributed by atoms with Crippen LogP contribution in [0.4, 0.5) is 9.18 Å². The number of hydrogen-bond acceptors (Lipinski definition) is 4. The molecule has 1 heterocycles. The fourth-order valence-corrected chi connectivity index (χ4v) is 2.70. The summed E-state index contributed by atoms with van der Waals surface area (Å²) in [5.41, 5.74) is 0.830. The highest BCUT2D eigenvalue weighted by molar-refractivity contribution is 5.73. The number of likely N-dealkylation sites (N-methyl/N-ethyl adjacent to an activating group) is 2. The Morgan fingerprint density at radius 2 is 1.92 bits per heavy atom. The standard InChI is InChI=1S/C17H27FN4O2/c1-20-7-9-22(10-8-20)13-16(23)12-21(2)17(24)19-11-14-3-5-15(18)6-4-14/h3-6,16,23H,7-13H2,1-2H3,(H,19,24). The Labute approximate surface area is 142 Å². The summed E-state index contributed by atoms with van der Waals surface area (Å²) >= 11 is 0. The van der Waals surface area contributed by atoms with Gasteiger partial charge in [-0.1, -0.05) is 12.1 Å². The molecule has 0 spiro atoms. The second-order valence-corrected chi connectivity index (χ2v) is 6.42. The van der Waals surface area contributed by atoms with E-state index >= 15 is 0 Å². The summed E-state index contributed by atoms with van der Waals surface area (Å²) in [7, 11) is 3.75. The van der Waals surface area contributed by atoms with Crippen molar-refractivity contribution >= 4 is 6.03 Å². The molecule has 1 aliphatic rings. The first-order valence-electron chi connectivity index (χ1n) is 8.26. The van der Waals surface area contributed by atoms with Crippen molar-refractivity contribution in [3.05, 3.63) is 35.6 Å². The van der Waals surface area contributed by atoms with E-state index in [2.05, 4.69) is 22.2 Å². The van der Waals surface area contributed by atoms with Gasteiger partial charge in [-0.05, 0) is 24.7 Å². The number of amides is 2. The molecule has 134 valence electrons. The molecule has 1 aliphatic heterocycles. The van der Waals surface area contributed by atoms with Gasteiger partial charge in [-0.15, -0.1) is 0 Å². The van der Waals surface area contributed by atoms with Crippen LogP contribution in [0, 0.1) is 5.82 Å². The lowest BCUT2D eigenvalue weighted by Gasteiger charge is -2.34. The molecule has 0 radical (unpaired) electrons. The van der Waals surface area contributed by atoms with Gasteiger partial charge in [0, 0.05) is 52.9 Å². The fraction of sp³-hybridized carbons (Fsp3) is 0.588. The predicted octanol–water partition coefficient (Wildman–Crippen LogP) is 0.575. The number of carbonyl (C=O) groups is 1. The molecule has 2 rings (SSSR count). The van der Waals surface area contributed by atoms with Gasteiger partial charge in [0.05, 0.1) is 6.10 Å². The van der Waals surface area contributed by atoms with Crippen molar-refractivity contribution in [1.82, 2.24) is 20.0 Å². The minimum Gasteiger partial charge on any atom is -0.390 e. The normalized spacial score (nSPS) is 17.5. The first-order valence-corrected chi connectivity index (χ1v) is 8.26. The van der Waals surface area contributed by atoms with Crippen LogP contribution in [0.15, 0.2) is 24.3 Å². The van der Waals surface area contributed by atoms with E-state index in [0.29, 0.717) is 13.1 Å². The van der Waals surface area contributed by atoms with Gasteiger partial charge < -0.3 is 20.2 Å². The molecule has 1 unspecified atom stereocenters. The molecule has 0 saturated carbocycles. The number of rotatable bonds is 6. The summed E-state index contributed by atoms with van der Waals surface area (Å²) < 4.78 is 12.8. The number of urea groups is 1. The third-order valence-corrected chi connectivity index (χ3v) is 4.25. The Balaban J connectivity index is 1.69. The summed E-state index contributed by atoms with van der Waals surface area (Å²) in [5, 5.41) is 12.9. The van der Waals surface area contributed by atoms with Crippen LogP contribution in [0.25, 0.3) is 0 Å². The Hall–Kier alpha value is -1.70. The number of carbonyl (C=O) groups excluding carboxylic acids is 1. The van der Waals surface area contributed by atoms with Gasteiger partial charge in [-0.25, -0.2) is 9.18 Å². The molecule has 1 atom stereocenters. The molecule has 1 aromatic carbocycles. The molecule has 6 nitrogen and oxygen atoms in total. The van der Waals surface area contributed by atoms with Gasteiger partial charge in [0.1, 0.15) is 5.82 Å².